The van der Waals surface area contributed by atoms with E-state index in [2.05, 4.69) is 10.4 Å². The van der Waals surface area contributed by atoms with Gasteiger partial charge in [0, 0.05) is 24.1 Å². The molecule has 0 unspecified atom stereocenters. The third kappa shape index (κ3) is 4.09. The number of para-hydroxylation sites is 1. The van der Waals surface area contributed by atoms with Gasteiger partial charge in [-0.25, -0.2) is 5.01 Å². The summed E-state index contributed by atoms with van der Waals surface area (Å²) in [5.74, 6) is -0.407. The van der Waals surface area contributed by atoms with Gasteiger partial charge >= 0.3 is 0 Å². The van der Waals surface area contributed by atoms with Crippen molar-refractivity contribution in [2.24, 2.45) is 5.10 Å². The maximum Gasteiger partial charge on any atom is 0.271 e. The number of benzene rings is 3. The first-order valence-corrected chi connectivity index (χ1v) is 9.55. The molecule has 0 atom stereocenters. The number of carbonyl (C=O) groups is 2. The fourth-order valence-electron chi connectivity index (χ4n) is 3.33. The zero-order valence-electron chi connectivity index (χ0n) is 16.1. The van der Waals surface area contributed by atoms with Gasteiger partial charge in [-0.3, -0.25) is 9.59 Å². The number of amides is 2. The van der Waals surface area contributed by atoms with Crippen LogP contribution in [0.15, 0.2) is 84.0 Å². The normalized spacial score (nSPS) is 13.8. The molecule has 3 aromatic carbocycles. The molecule has 1 heterocycles. The van der Waals surface area contributed by atoms with Crippen molar-refractivity contribution < 1.29 is 9.59 Å². The van der Waals surface area contributed by atoms with Crippen LogP contribution in [0.2, 0.25) is 0 Å². The quantitative estimate of drug-likeness (QED) is 0.704. The number of hydrogen-bond donors (Lipinski definition) is 1. The third-order valence-electron chi connectivity index (χ3n) is 4.80. The first-order chi connectivity index (χ1) is 14.1. The van der Waals surface area contributed by atoms with Gasteiger partial charge in [-0.2, -0.15) is 5.10 Å². The van der Waals surface area contributed by atoms with Crippen molar-refractivity contribution in [2.75, 3.05) is 10.3 Å². The Bertz CT molecular complexity index is 1090. The summed E-state index contributed by atoms with van der Waals surface area (Å²) in [7, 11) is 0. The molecule has 5 nitrogen and oxygen atoms in total. The molecule has 0 aliphatic carbocycles. The summed E-state index contributed by atoms with van der Waals surface area (Å²) < 4.78 is 0. The van der Waals surface area contributed by atoms with Gasteiger partial charge in [0.05, 0.1) is 5.69 Å². The van der Waals surface area contributed by atoms with Crippen LogP contribution < -0.4 is 10.3 Å². The predicted octanol–water partition coefficient (Wildman–Crippen LogP) is 4.78. The molecule has 0 saturated carbocycles. The Labute approximate surface area is 169 Å². The predicted molar refractivity (Wildman–Crippen MR) is 116 cm³/mol. The number of aryl methyl sites for hydroxylation is 1. The first-order valence-electron chi connectivity index (χ1n) is 9.55. The smallest absolute Gasteiger partial charge is 0.271 e. The van der Waals surface area contributed by atoms with Crippen molar-refractivity contribution in [2.45, 2.75) is 19.8 Å². The van der Waals surface area contributed by atoms with E-state index in [4.69, 9.17) is 0 Å². The minimum atomic E-state index is -0.293. The monoisotopic (exact) mass is 383 g/mol. The summed E-state index contributed by atoms with van der Waals surface area (Å²) in [6.45, 7) is 1.95. The number of nitrogens with one attached hydrogen (secondary N) is 1. The molecule has 0 aromatic heterocycles. The number of hydrogen-bond acceptors (Lipinski definition) is 3. The highest BCUT2D eigenvalue weighted by atomic mass is 16.2. The number of rotatable bonds is 4. The van der Waals surface area contributed by atoms with Crippen molar-refractivity contribution in [3.8, 4) is 11.1 Å². The average molecular weight is 383 g/mol. The molecule has 0 fully saturated rings. The lowest BCUT2D eigenvalue weighted by atomic mass is 10.0. The molecule has 29 heavy (non-hydrogen) atoms. The number of anilines is 2. The molecule has 0 spiro atoms. The molecule has 3 aromatic rings. The summed E-state index contributed by atoms with van der Waals surface area (Å²) in [4.78, 5) is 25.3. The fourth-order valence-corrected chi connectivity index (χ4v) is 3.33. The van der Waals surface area contributed by atoms with Crippen LogP contribution in [0.1, 0.15) is 18.4 Å². The van der Waals surface area contributed by atoms with Gasteiger partial charge in [-0.05, 0) is 36.2 Å². The molecule has 5 heteroatoms. The van der Waals surface area contributed by atoms with Crippen LogP contribution in [0.4, 0.5) is 11.4 Å². The van der Waals surface area contributed by atoms with Gasteiger partial charge in [0.2, 0.25) is 5.91 Å². The van der Waals surface area contributed by atoms with Crippen LogP contribution in [-0.2, 0) is 9.59 Å². The topological polar surface area (TPSA) is 61.8 Å². The zero-order chi connectivity index (χ0) is 20.2. The molecule has 0 saturated heterocycles. The second-order valence-electron chi connectivity index (χ2n) is 6.96. The molecule has 0 radical (unpaired) electrons. The SMILES string of the molecule is Cc1cccc(N2N=C(C(=O)Nc3ccccc3-c3ccccc3)CCC2=O)c1. The Morgan fingerprint density at radius 3 is 2.48 bits per heavy atom. The standard InChI is InChI=1S/C24H21N3O2/c1-17-8-7-11-19(16-17)27-23(28)15-14-22(26-27)24(29)25-21-13-6-5-12-20(21)18-9-3-2-4-10-18/h2-13,16H,14-15H2,1H3,(H,25,29). The first kappa shape index (κ1) is 18.6. The van der Waals surface area contributed by atoms with Crippen LogP contribution >= 0.6 is 0 Å². The van der Waals surface area contributed by atoms with Gasteiger partial charge in [0.1, 0.15) is 5.71 Å². The van der Waals surface area contributed by atoms with E-state index in [0.717, 1.165) is 16.7 Å². The Balaban J connectivity index is 1.61. The molecule has 2 amide bonds. The summed E-state index contributed by atoms with van der Waals surface area (Å²) in [5, 5.41) is 8.66. The second-order valence-corrected chi connectivity index (χ2v) is 6.96. The van der Waals surface area contributed by atoms with Crippen molar-refractivity contribution in [3.05, 3.63) is 84.4 Å². The zero-order valence-corrected chi connectivity index (χ0v) is 16.1. The molecule has 1 aliphatic rings. The highest BCUT2D eigenvalue weighted by Crippen LogP contribution is 2.28. The van der Waals surface area contributed by atoms with Crippen LogP contribution in [0.25, 0.3) is 11.1 Å². The summed E-state index contributed by atoms with van der Waals surface area (Å²) in [5.41, 5.74) is 4.71. The highest BCUT2D eigenvalue weighted by Gasteiger charge is 2.26. The van der Waals surface area contributed by atoms with E-state index in [1.54, 1.807) is 0 Å². The molecule has 144 valence electrons. The van der Waals surface area contributed by atoms with Crippen molar-refractivity contribution in [1.82, 2.24) is 0 Å². The fraction of sp³-hybridized carbons (Fsp3) is 0.125. The van der Waals surface area contributed by atoms with Crippen molar-refractivity contribution in [1.29, 1.82) is 0 Å². The van der Waals surface area contributed by atoms with Crippen molar-refractivity contribution >= 4 is 28.9 Å². The van der Waals surface area contributed by atoms with Crippen LogP contribution in [-0.4, -0.2) is 17.5 Å². The largest absolute Gasteiger partial charge is 0.320 e. The molecular weight excluding hydrogens is 362 g/mol. The maximum atomic E-state index is 12.9. The van der Waals surface area contributed by atoms with E-state index < -0.39 is 0 Å². The van der Waals surface area contributed by atoms with E-state index in [1.807, 2.05) is 85.8 Å². The van der Waals surface area contributed by atoms with Gasteiger partial charge < -0.3 is 5.32 Å². The minimum absolute atomic E-state index is 0.114. The summed E-state index contributed by atoms with van der Waals surface area (Å²) >= 11 is 0. The molecule has 1 N–H and O–H groups in total. The number of carbonyl (C=O) groups excluding carboxylic acids is 2. The average Bonchev–Trinajstić information content (AvgIpc) is 2.75. The Morgan fingerprint density at radius 2 is 1.69 bits per heavy atom. The van der Waals surface area contributed by atoms with E-state index in [9.17, 15) is 9.59 Å². The molecule has 4 rings (SSSR count). The van der Waals surface area contributed by atoms with E-state index in [0.29, 0.717) is 23.5 Å². The Hall–Kier alpha value is -3.73. The second kappa shape index (κ2) is 8.10. The molecule has 0 bridgehead atoms. The lowest BCUT2D eigenvalue weighted by Crippen LogP contribution is -2.36. The minimum Gasteiger partial charge on any atom is -0.320 e. The van der Waals surface area contributed by atoms with E-state index in [-0.39, 0.29) is 18.2 Å². The van der Waals surface area contributed by atoms with E-state index in [1.165, 1.54) is 5.01 Å². The third-order valence-corrected chi connectivity index (χ3v) is 4.80. The van der Waals surface area contributed by atoms with Gasteiger partial charge in [0.25, 0.3) is 5.91 Å². The van der Waals surface area contributed by atoms with E-state index >= 15 is 0 Å². The summed E-state index contributed by atoms with van der Waals surface area (Å²) in [6, 6.07) is 25.1. The van der Waals surface area contributed by atoms with Gasteiger partial charge in [0.15, 0.2) is 0 Å². The molecular formula is C24H21N3O2. The van der Waals surface area contributed by atoms with Crippen molar-refractivity contribution in [3.63, 3.8) is 0 Å². The Morgan fingerprint density at radius 1 is 0.931 bits per heavy atom. The van der Waals surface area contributed by atoms with Gasteiger partial charge in [-0.15, -0.1) is 0 Å². The van der Waals surface area contributed by atoms with Crippen LogP contribution in [0, 0.1) is 6.92 Å². The van der Waals surface area contributed by atoms with Crippen LogP contribution in [0.3, 0.4) is 0 Å². The lowest BCUT2D eigenvalue weighted by Gasteiger charge is -2.23. The maximum absolute atomic E-state index is 12.9. The highest BCUT2D eigenvalue weighted by molar-refractivity contribution is 6.44. The molecule has 1 aliphatic heterocycles. The number of nitrogens with zero attached hydrogens (tertiary/aromatic N) is 2. The van der Waals surface area contributed by atoms with Crippen LogP contribution in [0.5, 0.6) is 0 Å². The number of hydrazone groups is 1. The Kier molecular flexibility index (Phi) is 5.20. The van der Waals surface area contributed by atoms with Gasteiger partial charge in [-0.1, -0.05) is 60.7 Å². The lowest BCUT2D eigenvalue weighted by molar-refractivity contribution is -0.118. The summed E-state index contributed by atoms with van der Waals surface area (Å²) in [6.07, 6.45) is 0.570.